The van der Waals surface area contributed by atoms with Gasteiger partial charge in [-0.15, -0.1) is 0 Å². The summed E-state index contributed by atoms with van der Waals surface area (Å²) >= 11 is 0. The van der Waals surface area contributed by atoms with Gasteiger partial charge in [-0.1, -0.05) is 6.92 Å². The zero-order chi connectivity index (χ0) is 12.3. The molecule has 0 bridgehead atoms. The van der Waals surface area contributed by atoms with Gasteiger partial charge in [-0.3, -0.25) is 4.79 Å². The second-order valence-electron chi connectivity index (χ2n) is 4.23. The van der Waals surface area contributed by atoms with Crippen molar-refractivity contribution in [3.8, 4) is 0 Å². The van der Waals surface area contributed by atoms with Crippen LogP contribution in [0.5, 0.6) is 0 Å². The van der Waals surface area contributed by atoms with Gasteiger partial charge >= 0.3 is 5.82 Å². The van der Waals surface area contributed by atoms with Crippen molar-refractivity contribution < 1.29 is 4.79 Å². The first-order valence-electron chi connectivity index (χ1n) is 5.99. The molecule has 6 nitrogen and oxygen atoms in total. The summed E-state index contributed by atoms with van der Waals surface area (Å²) in [6.45, 7) is 3.57. The molecule has 2 rings (SSSR count). The number of hydrogen-bond acceptors (Lipinski definition) is 3. The summed E-state index contributed by atoms with van der Waals surface area (Å²) in [6, 6.07) is 0. The van der Waals surface area contributed by atoms with Crippen LogP contribution in [0.15, 0.2) is 0 Å². The number of amides is 1. The van der Waals surface area contributed by atoms with E-state index in [9.17, 15) is 4.79 Å². The second-order valence-corrected chi connectivity index (χ2v) is 4.23. The highest BCUT2D eigenvalue weighted by Gasteiger charge is 2.31. The third kappa shape index (κ3) is 2.28. The Hall–Kier alpha value is -1.90. The molecule has 1 aromatic rings. The molecule has 0 aliphatic carbocycles. The molecule has 1 amide bonds. The Labute approximate surface area is 99.7 Å². The number of rotatable bonds is 3. The van der Waals surface area contributed by atoms with E-state index in [2.05, 4.69) is 14.9 Å². The molecule has 0 atom stereocenters. The van der Waals surface area contributed by atoms with Crippen molar-refractivity contribution >= 4 is 11.7 Å². The molecule has 0 unspecified atom stereocenters. The number of imidazole rings is 1. The van der Waals surface area contributed by atoms with Gasteiger partial charge in [-0.2, -0.15) is 0 Å². The zero-order valence-electron chi connectivity index (χ0n) is 9.94. The van der Waals surface area contributed by atoms with Gasteiger partial charge in [0, 0.05) is 24.5 Å². The molecule has 1 N–H and O–H groups in total. The van der Waals surface area contributed by atoms with Crippen LogP contribution < -0.4 is 0 Å². The number of likely N-dealkylation sites (tertiary alicyclic amines) is 1. The first kappa shape index (κ1) is 11.6. The molecule has 1 aliphatic rings. The Morgan fingerprint density at radius 3 is 2.82 bits per heavy atom. The van der Waals surface area contributed by atoms with E-state index < -0.39 is 0 Å². The van der Waals surface area contributed by atoms with Crippen LogP contribution in [-0.2, 0) is 6.42 Å². The predicted octanol–water partition coefficient (Wildman–Crippen LogP) is 2.08. The third-order valence-corrected chi connectivity index (χ3v) is 2.92. The molecule has 1 fully saturated rings. The lowest BCUT2D eigenvalue weighted by Crippen LogP contribution is -2.27. The summed E-state index contributed by atoms with van der Waals surface area (Å²) in [5.41, 5.74) is 0.304. The summed E-state index contributed by atoms with van der Waals surface area (Å²) in [4.78, 5) is 24.0. The highest BCUT2D eigenvalue weighted by atomic mass is 16.2. The topological polar surface area (TPSA) is 77.1 Å². The van der Waals surface area contributed by atoms with Crippen LogP contribution in [0.1, 0.15) is 42.5 Å². The van der Waals surface area contributed by atoms with E-state index >= 15 is 0 Å². The molecular formula is C11H16N5O+. The molecule has 1 saturated heterocycles. The zero-order valence-corrected chi connectivity index (χ0v) is 9.94. The van der Waals surface area contributed by atoms with Crippen LogP contribution >= 0.6 is 0 Å². The molecular weight excluding hydrogens is 218 g/mol. The Morgan fingerprint density at radius 2 is 2.24 bits per heavy atom. The number of aryl methyl sites for hydroxylation is 1. The first-order valence-corrected chi connectivity index (χ1v) is 5.99. The van der Waals surface area contributed by atoms with Gasteiger partial charge in [-0.25, -0.2) is 0 Å². The standard InChI is InChI=1S/C11H15N5O/c1-2-5-8-13-9(10(14-8)15-12)11(17)16-6-3-4-7-16/h2-7H2,1H3/p+1. The van der Waals surface area contributed by atoms with Gasteiger partial charge in [-0.05, 0) is 24.2 Å². The van der Waals surface area contributed by atoms with Crippen LogP contribution in [0.3, 0.4) is 0 Å². The Bertz CT molecular complexity index is 453. The van der Waals surface area contributed by atoms with Gasteiger partial charge in [0.25, 0.3) is 5.91 Å². The van der Waals surface area contributed by atoms with Gasteiger partial charge in [0.2, 0.25) is 11.5 Å². The van der Waals surface area contributed by atoms with Crippen molar-refractivity contribution in [3.63, 3.8) is 0 Å². The van der Waals surface area contributed by atoms with Crippen molar-refractivity contribution in [2.45, 2.75) is 32.6 Å². The smallest absolute Gasteiger partial charge is 0.337 e. The lowest BCUT2D eigenvalue weighted by Gasteiger charge is -2.12. The minimum Gasteiger partial charge on any atom is -0.337 e. The monoisotopic (exact) mass is 234 g/mol. The lowest BCUT2D eigenvalue weighted by molar-refractivity contribution is 0.0788. The Kier molecular flexibility index (Phi) is 3.38. The van der Waals surface area contributed by atoms with Gasteiger partial charge < -0.3 is 9.88 Å². The maximum Gasteiger partial charge on any atom is 0.495 e. The molecule has 2 heterocycles. The SMILES string of the molecule is CCCc1nc([N+]#N)c(C(=O)N2CCCC2)[nH]1. The Morgan fingerprint density at radius 1 is 1.53 bits per heavy atom. The van der Waals surface area contributed by atoms with Gasteiger partial charge in [0.15, 0.2) is 0 Å². The largest absolute Gasteiger partial charge is 0.495 e. The molecule has 0 spiro atoms. The van der Waals surface area contributed by atoms with E-state index in [4.69, 9.17) is 5.39 Å². The summed E-state index contributed by atoms with van der Waals surface area (Å²) in [6.07, 6.45) is 3.74. The number of diazo groups is 1. The van der Waals surface area contributed by atoms with Crippen LogP contribution in [0.2, 0.25) is 0 Å². The summed E-state index contributed by atoms with van der Waals surface area (Å²) in [7, 11) is 0. The highest BCUT2D eigenvalue weighted by molar-refractivity contribution is 5.97. The summed E-state index contributed by atoms with van der Waals surface area (Å²) in [5.74, 6) is 0.679. The van der Waals surface area contributed by atoms with E-state index in [-0.39, 0.29) is 11.7 Å². The minimum absolute atomic E-state index is 0.102. The maximum absolute atomic E-state index is 12.1. The average molecular weight is 234 g/mol. The van der Waals surface area contributed by atoms with Crippen LogP contribution in [0.4, 0.5) is 5.82 Å². The van der Waals surface area contributed by atoms with Crippen LogP contribution in [-0.4, -0.2) is 33.9 Å². The van der Waals surface area contributed by atoms with Crippen molar-refractivity contribution in [2.75, 3.05) is 13.1 Å². The third-order valence-electron chi connectivity index (χ3n) is 2.92. The van der Waals surface area contributed by atoms with Crippen LogP contribution in [0, 0.1) is 5.39 Å². The molecule has 17 heavy (non-hydrogen) atoms. The van der Waals surface area contributed by atoms with Crippen molar-refractivity contribution in [1.82, 2.24) is 14.9 Å². The average Bonchev–Trinajstić information content (AvgIpc) is 2.97. The van der Waals surface area contributed by atoms with Crippen molar-refractivity contribution in [3.05, 3.63) is 16.5 Å². The number of aromatic amines is 1. The summed E-state index contributed by atoms with van der Waals surface area (Å²) in [5, 5.41) is 8.86. The predicted molar refractivity (Wildman–Crippen MR) is 62.5 cm³/mol. The van der Waals surface area contributed by atoms with Crippen LogP contribution in [0.25, 0.3) is 4.98 Å². The molecule has 1 aromatic heterocycles. The maximum atomic E-state index is 12.1. The highest BCUT2D eigenvalue weighted by Crippen LogP contribution is 2.20. The second kappa shape index (κ2) is 4.95. The van der Waals surface area contributed by atoms with E-state index in [0.29, 0.717) is 11.5 Å². The number of hydrogen-bond donors (Lipinski definition) is 1. The first-order chi connectivity index (χ1) is 8.26. The fraction of sp³-hybridized carbons (Fsp3) is 0.636. The van der Waals surface area contributed by atoms with Crippen molar-refractivity contribution in [1.29, 1.82) is 5.39 Å². The molecule has 0 radical (unpaired) electrons. The normalized spacial score (nSPS) is 14.9. The van der Waals surface area contributed by atoms with E-state index in [1.807, 2.05) is 6.92 Å². The van der Waals surface area contributed by atoms with Crippen molar-refractivity contribution in [2.24, 2.45) is 0 Å². The number of aromatic nitrogens is 2. The quantitative estimate of drug-likeness (QED) is 0.813. The molecule has 1 aliphatic heterocycles. The Balaban J connectivity index is 2.24. The van der Waals surface area contributed by atoms with E-state index in [0.717, 1.165) is 38.8 Å². The molecule has 0 aromatic carbocycles. The number of nitrogens with zero attached hydrogens (tertiary/aromatic N) is 4. The summed E-state index contributed by atoms with van der Waals surface area (Å²) < 4.78 is 0. The van der Waals surface area contributed by atoms with Gasteiger partial charge in [0.1, 0.15) is 0 Å². The number of carbonyl (C=O) groups is 1. The minimum atomic E-state index is -0.120. The fourth-order valence-electron chi connectivity index (χ4n) is 2.07. The van der Waals surface area contributed by atoms with E-state index in [1.165, 1.54) is 0 Å². The van der Waals surface area contributed by atoms with E-state index in [1.54, 1.807) is 4.90 Å². The number of H-pyrrole nitrogens is 1. The fourth-order valence-corrected chi connectivity index (χ4v) is 2.07. The van der Waals surface area contributed by atoms with Gasteiger partial charge in [0.05, 0.1) is 5.39 Å². The molecule has 0 saturated carbocycles. The number of nitrogens with one attached hydrogen (secondary N) is 1. The lowest BCUT2D eigenvalue weighted by atomic mass is 10.3. The molecule has 90 valence electrons. The molecule has 6 heteroatoms. The number of carbonyl (C=O) groups excluding carboxylic acids is 1.